The zero-order valence-electron chi connectivity index (χ0n) is 20.6. The molecule has 2 unspecified atom stereocenters. The van der Waals surface area contributed by atoms with Crippen LogP contribution in [0, 0.1) is 35.0 Å². The van der Waals surface area contributed by atoms with E-state index >= 15 is 0 Å². The summed E-state index contributed by atoms with van der Waals surface area (Å²) < 4.78 is 0. The van der Waals surface area contributed by atoms with Gasteiger partial charge in [0.05, 0.1) is 35.0 Å². The molecular weight excluding hydrogens is 508 g/mol. The molecule has 1 spiro atoms. The van der Waals surface area contributed by atoms with Gasteiger partial charge in [0.25, 0.3) is 0 Å². The van der Waals surface area contributed by atoms with E-state index in [-0.39, 0.29) is 23.6 Å². The maximum atomic E-state index is 14.3. The molecule has 1 saturated carbocycles. The second-order valence-electron chi connectivity index (χ2n) is 10.7. The molecule has 2 bridgehead atoms. The number of allylic oxidation sites excluding steroid dienone is 3. The fourth-order valence-corrected chi connectivity index (χ4v) is 9.16. The van der Waals surface area contributed by atoms with Gasteiger partial charge in [-0.1, -0.05) is 72.8 Å². The van der Waals surface area contributed by atoms with Gasteiger partial charge in [-0.3, -0.25) is 19.2 Å². The number of hydrogen-bond acceptors (Lipinski definition) is 5. The van der Waals surface area contributed by atoms with Crippen LogP contribution in [0.25, 0.3) is 5.57 Å². The molecule has 0 N–H and O–H groups in total. The second-order valence-corrected chi connectivity index (χ2v) is 11.6. The summed E-state index contributed by atoms with van der Waals surface area (Å²) in [7, 11) is 0. The molecule has 3 aromatic carbocycles. The smallest absolute Gasteiger partial charge is 0.238 e. The lowest BCUT2D eigenvalue weighted by Crippen LogP contribution is -2.59. The van der Waals surface area contributed by atoms with E-state index in [1.165, 1.54) is 21.6 Å². The number of rotatable bonds is 3. The van der Waals surface area contributed by atoms with Gasteiger partial charge < -0.3 is 0 Å². The van der Waals surface area contributed by atoms with Gasteiger partial charge in [0.1, 0.15) is 0 Å². The Hall–Kier alpha value is -4.23. The van der Waals surface area contributed by atoms with Crippen LogP contribution in [0.3, 0.4) is 0 Å². The zero-order valence-corrected chi connectivity index (χ0v) is 21.5. The highest BCUT2D eigenvalue weighted by atomic mass is 32.2. The standard InChI is InChI=1S/C32H22N2O4S/c35-28-23-22-21(18-10-4-1-5-11-18)27-32(16-17-39-27,25(23)30(37)33(28)19-12-6-2-7-13-19)26-24(22)29(36)34(31(26)38)20-14-8-3-9-15-20/h1-17,22-26H/t22?,23-,24+,25+,26-,32?. The minimum Gasteiger partial charge on any atom is -0.274 e. The highest BCUT2D eigenvalue weighted by Crippen LogP contribution is 2.74. The number of hydrogen-bond donors (Lipinski definition) is 0. The van der Waals surface area contributed by atoms with Crippen LogP contribution in [0.2, 0.25) is 0 Å². The summed E-state index contributed by atoms with van der Waals surface area (Å²) in [6.45, 7) is 0. The molecule has 3 heterocycles. The monoisotopic (exact) mass is 530 g/mol. The van der Waals surface area contributed by atoms with Gasteiger partial charge in [-0.25, -0.2) is 9.80 Å². The summed E-state index contributed by atoms with van der Waals surface area (Å²) in [5.74, 6) is -4.77. The van der Waals surface area contributed by atoms with Gasteiger partial charge in [0, 0.05) is 16.2 Å². The molecule has 3 aromatic rings. The Kier molecular flexibility index (Phi) is 4.60. The SMILES string of the molecule is O=C1[C@@H]2C3C(c4ccccc4)=C4SC=CC4([C@@H]2C(=O)N1c1ccccc1)[C@H]1C(=O)N(c2ccccc2)C(=O)[C@@H]31. The molecule has 6 aliphatic rings. The summed E-state index contributed by atoms with van der Waals surface area (Å²) in [5.41, 5.74) is 1.81. The Morgan fingerprint density at radius 3 is 1.51 bits per heavy atom. The molecule has 6 nitrogen and oxygen atoms in total. The van der Waals surface area contributed by atoms with Crippen LogP contribution < -0.4 is 9.80 Å². The molecule has 3 fully saturated rings. The van der Waals surface area contributed by atoms with E-state index in [1.54, 1.807) is 48.5 Å². The number of carbonyl (C=O) groups excluding carboxylic acids is 4. The van der Waals surface area contributed by atoms with Crippen molar-refractivity contribution in [1.29, 1.82) is 0 Å². The molecule has 39 heavy (non-hydrogen) atoms. The fraction of sp³-hybridized carbons (Fsp3) is 0.188. The molecule has 190 valence electrons. The lowest BCUT2D eigenvalue weighted by molar-refractivity contribution is -0.142. The van der Waals surface area contributed by atoms with Crippen LogP contribution in [0.5, 0.6) is 0 Å². The van der Waals surface area contributed by atoms with Crippen LogP contribution in [0.15, 0.2) is 107 Å². The number of para-hydroxylation sites is 2. The Morgan fingerprint density at radius 2 is 1.03 bits per heavy atom. The number of amides is 4. The van der Waals surface area contributed by atoms with Gasteiger partial charge in [-0.2, -0.15) is 0 Å². The van der Waals surface area contributed by atoms with Gasteiger partial charge in [0.15, 0.2) is 0 Å². The minimum atomic E-state index is -1.06. The Balaban J connectivity index is 1.39. The molecule has 7 heteroatoms. The van der Waals surface area contributed by atoms with E-state index < -0.39 is 35.0 Å². The molecular formula is C32H22N2O4S. The maximum absolute atomic E-state index is 14.3. The first kappa shape index (κ1) is 22.7. The first-order valence-corrected chi connectivity index (χ1v) is 13.9. The highest BCUT2D eigenvalue weighted by molar-refractivity contribution is 8.06. The number of thioether (sulfide) groups is 1. The van der Waals surface area contributed by atoms with Crippen LogP contribution >= 0.6 is 11.8 Å². The largest absolute Gasteiger partial charge is 0.274 e. The van der Waals surface area contributed by atoms with Crippen molar-refractivity contribution < 1.29 is 19.2 Å². The van der Waals surface area contributed by atoms with E-state index in [9.17, 15) is 19.2 Å². The minimum absolute atomic E-state index is 0.296. The average molecular weight is 531 g/mol. The number of nitrogens with zero attached hydrogens (tertiary/aromatic N) is 2. The van der Waals surface area contributed by atoms with Crippen molar-refractivity contribution in [1.82, 2.24) is 0 Å². The first-order valence-electron chi connectivity index (χ1n) is 13.1. The van der Waals surface area contributed by atoms with Crippen LogP contribution in [-0.2, 0) is 19.2 Å². The third kappa shape index (κ3) is 2.68. The first-order chi connectivity index (χ1) is 19.1. The predicted octanol–water partition coefficient (Wildman–Crippen LogP) is 4.90. The normalized spacial score (nSPS) is 32.3. The van der Waals surface area contributed by atoms with Crippen molar-refractivity contribution in [2.45, 2.75) is 0 Å². The summed E-state index contributed by atoms with van der Waals surface area (Å²) >= 11 is 1.52. The molecule has 0 aromatic heterocycles. The molecule has 4 amide bonds. The molecule has 3 aliphatic carbocycles. The van der Waals surface area contributed by atoms with Crippen molar-refractivity contribution >= 4 is 52.3 Å². The van der Waals surface area contributed by atoms with Gasteiger partial charge >= 0.3 is 0 Å². The number of anilines is 2. The van der Waals surface area contributed by atoms with Crippen LogP contribution in [0.1, 0.15) is 5.56 Å². The highest BCUT2D eigenvalue weighted by Gasteiger charge is 2.78. The van der Waals surface area contributed by atoms with E-state index in [0.717, 1.165) is 16.0 Å². The van der Waals surface area contributed by atoms with Crippen molar-refractivity contribution in [3.05, 3.63) is 113 Å². The van der Waals surface area contributed by atoms with Crippen molar-refractivity contribution in [2.75, 3.05) is 9.80 Å². The lowest BCUT2D eigenvalue weighted by Gasteiger charge is -2.55. The number of carbonyl (C=O) groups is 4. The van der Waals surface area contributed by atoms with E-state index in [4.69, 9.17) is 0 Å². The van der Waals surface area contributed by atoms with Crippen molar-refractivity contribution in [2.24, 2.45) is 35.0 Å². The third-order valence-electron chi connectivity index (χ3n) is 9.12. The van der Waals surface area contributed by atoms with Crippen molar-refractivity contribution in [3.8, 4) is 0 Å². The Labute approximate surface area is 229 Å². The van der Waals surface area contributed by atoms with E-state index in [1.807, 2.05) is 53.9 Å². The predicted molar refractivity (Wildman–Crippen MR) is 148 cm³/mol. The molecule has 9 rings (SSSR count). The fourth-order valence-electron chi connectivity index (χ4n) is 7.82. The topological polar surface area (TPSA) is 74.8 Å². The van der Waals surface area contributed by atoms with Gasteiger partial charge in [0.2, 0.25) is 23.6 Å². The van der Waals surface area contributed by atoms with E-state index in [0.29, 0.717) is 11.4 Å². The number of benzene rings is 3. The van der Waals surface area contributed by atoms with Crippen LogP contribution in [0.4, 0.5) is 11.4 Å². The van der Waals surface area contributed by atoms with Gasteiger partial charge in [-0.05, 0) is 40.8 Å². The second kappa shape index (κ2) is 7.90. The van der Waals surface area contributed by atoms with Gasteiger partial charge in [-0.15, -0.1) is 11.8 Å². The molecule has 6 atom stereocenters. The molecule has 2 saturated heterocycles. The van der Waals surface area contributed by atoms with Crippen LogP contribution in [-0.4, -0.2) is 23.6 Å². The summed E-state index contributed by atoms with van der Waals surface area (Å²) in [4.78, 5) is 60.6. The quantitative estimate of drug-likeness (QED) is 0.451. The number of imide groups is 2. The summed E-state index contributed by atoms with van der Waals surface area (Å²) in [6, 6.07) is 27.7. The summed E-state index contributed by atoms with van der Waals surface area (Å²) in [6.07, 6.45) is 1.94. The third-order valence-corrected chi connectivity index (χ3v) is 10.2. The zero-order chi connectivity index (χ0) is 26.5. The molecule has 0 radical (unpaired) electrons. The Bertz CT molecular complexity index is 1570. The average Bonchev–Trinajstić information content (AvgIpc) is 3.61. The molecule has 3 aliphatic heterocycles. The van der Waals surface area contributed by atoms with Crippen molar-refractivity contribution in [3.63, 3.8) is 0 Å². The maximum Gasteiger partial charge on any atom is 0.238 e. The Morgan fingerprint density at radius 1 is 0.564 bits per heavy atom. The summed E-state index contributed by atoms with van der Waals surface area (Å²) in [5, 5.41) is 1.94. The lowest BCUT2D eigenvalue weighted by atomic mass is 9.44. The van der Waals surface area contributed by atoms with E-state index in [2.05, 4.69) is 0 Å².